The van der Waals surface area contributed by atoms with Crippen molar-refractivity contribution in [3.05, 3.63) is 45.1 Å². The molecule has 0 unspecified atom stereocenters. The Morgan fingerprint density at radius 3 is 2.57 bits per heavy atom. The standard InChI is InChI=1S/C21H26ClN5O3/c22-15-8-9-16(20(29)25-10-4-2-5-11-25)17(13-15)23-19(28)14-27-21(30)26-12-6-1-3-7-18(26)24-27/h8-9,13H,1-7,10-12,14H2,(H,23,28). The number of amides is 2. The summed E-state index contributed by atoms with van der Waals surface area (Å²) in [6, 6.07) is 4.85. The fourth-order valence-electron chi connectivity index (χ4n) is 4.13. The molecule has 1 aromatic heterocycles. The van der Waals surface area contributed by atoms with Crippen LogP contribution in [0.3, 0.4) is 0 Å². The molecule has 1 N–H and O–H groups in total. The van der Waals surface area contributed by atoms with Crippen molar-refractivity contribution in [1.82, 2.24) is 19.2 Å². The van der Waals surface area contributed by atoms with E-state index in [0.717, 1.165) is 50.8 Å². The average molecular weight is 432 g/mol. The number of anilines is 1. The second-order valence-electron chi connectivity index (χ2n) is 7.91. The molecule has 2 amide bonds. The van der Waals surface area contributed by atoms with E-state index in [1.807, 2.05) is 0 Å². The number of hydrogen-bond acceptors (Lipinski definition) is 4. The molecular weight excluding hydrogens is 406 g/mol. The zero-order valence-corrected chi connectivity index (χ0v) is 17.7. The van der Waals surface area contributed by atoms with Crippen LogP contribution in [0.15, 0.2) is 23.0 Å². The Labute approximate surface area is 179 Å². The number of benzene rings is 1. The normalized spacial score (nSPS) is 16.6. The number of likely N-dealkylation sites (tertiary alicyclic amines) is 1. The topological polar surface area (TPSA) is 89.2 Å². The van der Waals surface area contributed by atoms with Crippen molar-refractivity contribution in [1.29, 1.82) is 0 Å². The summed E-state index contributed by atoms with van der Waals surface area (Å²) in [5.74, 6) is 0.196. The smallest absolute Gasteiger partial charge is 0.339 e. The summed E-state index contributed by atoms with van der Waals surface area (Å²) >= 11 is 6.11. The summed E-state index contributed by atoms with van der Waals surface area (Å²) in [6.45, 7) is 1.86. The monoisotopic (exact) mass is 431 g/mol. The first kappa shape index (κ1) is 20.7. The lowest BCUT2D eigenvalue weighted by Crippen LogP contribution is -2.36. The van der Waals surface area contributed by atoms with Crippen LogP contribution in [0.2, 0.25) is 5.02 Å². The van der Waals surface area contributed by atoms with Crippen LogP contribution in [0.4, 0.5) is 5.69 Å². The van der Waals surface area contributed by atoms with Crippen LogP contribution in [0.25, 0.3) is 0 Å². The summed E-state index contributed by atoms with van der Waals surface area (Å²) in [5, 5.41) is 7.53. The molecule has 1 saturated heterocycles. The molecule has 2 aliphatic rings. The molecule has 0 radical (unpaired) electrons. The highest BCUT2D eigenvalue weighted by atomic mass is 35.5. The molecule has 9 heteroatoms. The zero-order chi connectivity index (χ0) is 21.1. The number of carbonyl (C=O) groups excluding carboxylic acids is 2. The van der Waals surface area contributed by atoms with E-state index >= 15 is 0 Å². The van der Waals surface area contributed by atoms with E-state index in [2.05, 4.69) is 10.4 Å². The number of carbonyl (C=O) groups is 2. The van der Waals surface area contributed by atoms with E-state index in [9.17, 15) is 14.4 Å². The van der Waals surface area contributed by atoms with E-state index in [1.54, 1.807) is 27.7 Å². The van der Waals surface area contributed by atoms with Gasteiger partial charge in [0, 0.05) is 31.1 Å². The quantitative estimate of drug-likeness (QED) is 0.805. The van der Waals surface area contributed by atoms with Gasteiger partial charge < -0.3 is 10.2 Å². The Bertz CT molecular complexity index is 1010. The maximum atomic E-state index is 13.0. The Morgan fingerprint density at radius 2 is 1.77 bits per heavy atom. The van der Waals surface area contributed by atoms with Crippen molar-refractivity contribution in [3.63, 3.8) is 0 Å². The third kappa shape index (κ3) is 4.43. The van der Waals surface area contributed by atoms with Crippen molar-refractivity contribution in [2.75, 3.05) is 18.4 Å². The van der Waals surface area contributed by atoms with Crippen molar-refractivity contribution in [3.8, 4) is 0 Å². The van der Waals surface area contributed by atoms with Crippen molar-refractivity contribution < 1.29 is 9.59 Å². The Morgan fingerprint density at radius 1 is 1.03 bits per heavy atom. The van der Waals surface area contributed by atoms with Gasteiger partial charge in [-0.25, -0.2) is 9.48 Å². The highest BCUT2D eigenvalue weighted by Gasteiger charge is 2.23. The van der Waals surface area contributed by atoms with E-state index in [-0.39, 0.29) is 18.1 Å². The lowest BCUT2D eigenvalue weighted by molar-refractivity contribution is -0.117. The van der Waals surface area contributed by atoms with Gasteiger partial charge in [-0.1, -0.05) is 18.0 Å². The number of nitrogens with one attached hydrogen (secondary N) is 1. The van der Waals surface area contributed by atoms with Gasteiger partial charge in [0.15, 0.2) is 0 Å². The molecule has 1 aromatic carbocycles. The largest absolute Gasteiger partial charge is 0.346 e. The van der Waals surface area contributed by atoms with Gasteiger partial charge in [-0.05, 0) is 50.3 Å². The number of piperidine rings is 1. The molecule has 2 aromatic rings. The highest BCUT2D eigenvalue weighted by Crippen LogP contribution is 2.24. The van der Waals surface area contributed by atoms with Crippen LogP contribution in [0.1, 0.15) is 54.7 Å². The number of nitrogens with zero attached hydrogens (tertiary/aromatic N) is 4. The number of aryl methyl sites for hydroxylation is 1. The van der Waals surface area contributed by atoms with Gasteiger partial charge in [0.2, 0.25) is 5.91 Å². The first-order valence-electron chi connectivity index (χ1n) is 10.6. The van der Waals surface area contributed by atoms with Gasteiger partial charge >= 0.3 is 5.69 Å². The third-order valence-corrected chi connectivity index (χ3v) is 5.94. The van der Waals surface area contributed by atoms with Crippen molar-refractivity contribution >= 4 is 29.1 Å². The fourth-order valence-corrected chi connectivity index (χ4v) is 4.30. The fraction of sp³-hybridized carbons (Fsp3) is 0.524. The molecule has 2 aliphatic heterocycles. The molecule has 0 bridgehead atoms. The first-order chi connectivity index (χ1) is 14.5. The van der Waals surface area contributed by atoms with Gasteiger partial charge in [-0.3, -0.25) is 14.2 Å². The first-order valence-corrected chi connectivity index (χ1v) is 11.0. The number of hydrogen-bond donors (Lipinski definition) is 1. The minimum absolute atomic E-state index is 0.118. The molecule has 30 heavy (non-hydrogen) atoms. The van der Waals surface area contributed by atoms with Gasteiger partial charge in [-0.2, -0.15) is 5.10 Å². The van der Waals surface area contributed by atoms with E-state index in [1.165, 1.54) is 4.68 Å². The van der Waals surface area contributed by atoms with Crippen LogP contribution >= 0.6 is 11.6 Å². The lowest BCUT2D eigenvalue weighted by atomic mass is 10.1. The zero-order valence-electron chi connectivity index (χ0n) is 16.9. The third-order valence-electron chi connectivity index (χ3n) is 5.70. The van der Waals surface area contributed by atoms with Crippen LogP contribution in [0, 0.1) is 0 Å². The van der Waals surface area contributed by atoms with E-state index in [0.29, 0.717) is 35.9 Å². The SMILES string of the molecule is O=C(Cn1nc2n(c1=O)CCCCC2)Nc1cc(Cl)ccc1C(=O)N1CCCCC1. The van der Waals surface area contributed by atoms with Gasteiger partial charge in [-0.15, -0.1) is 0 Å². The molecule has 0 atom stereocenters. The highest BCUT2D eigenvalue weighted by molar-refractivity contribution is 6.31. The summed E-state index contributed by atoms with van der Waals surface area (Å²) < 4.78 is 2.86. The molecule has 1 fully saturated rings. The van der Waals surface area contributed by atoms with Crippen molar-refractivity contribution in [2.24, 2.45) is 0 Å². The molecule has 0 aliphatic carbocycles. The van der Waals surface area contributed by atoms with Crippen molar-refractivity contribution in [2.45, 2.75) is 58.0 Å². The maximum Gasteiger partial charge on any atom is 0.346 e. The Balaban J connectivity index is 1.51. The molecule has 160 valence electrons. The number of rotatable bonds is 4. The second kappa shape index (κ2) is 9.04. The molecular formula is C21H26ClN5O3. The van der Waals surface area contributed by atoms with Crippen LogP contribution in [-0.4, -0.2) is 44.2 Å². The van der Waals surface area contributed by atoms with E-state index in [4.69, 9.17) is 11.6 Å². The van der Waals surface area contributed by atoms with Gasteiger partial charge in [0.05, 0.1) is 11.3 Å². The molecule has 0 saturated carbocycles. The Hall–Kier alpha value is -2.61. The van der Waals surface area contributed by atoms with Crippen LogP contribution in [-0.2, 0) is 24.3 Å². The number of halogens is 1. The predicted octanol–water partition coefficient (Wildman–Crippen LogP) is 2.69. The van der Waals surface area contributed by atoms with Gasteiger partial charge in [0.25, 0.3) is 5.91 Å². The average Bonchev–Trinajstić information content (AvgIpc) is 2.90. The predicted molar refractivity (Wildman–Crippen MR) is 114 cm³/mol. The molecule has 3 heterocycles. The second-order valence-corrected chi connectivity index (χ2v) is 8.35. The Kier molecular flexibility index (Phi) is 6.22. The molecule has 4 rings (SSSR count). The number of aromatic nitrogens is 3. The summed E-state index contributed by atoms with van der Waals surface area (Å²) in [5.41, 5.74) is 0.497. The maximum absolute atomic E-state index is 13.0. The van der Waals surface area contributed by atoms with E-state index < -0.39 is 5.91 Å². The summed E-state index contributed by atoms with van der Waals surface area (Å²) in [4.78, 5) is 40.0. The summed E-state index contributed by atoms with van der Waals surface area (Å²) in [6.07, 6.45) is 6.84. The lowest BCUT2D eigenvalue weighted by Gasteiger charge is -2.27. The van der Waals surface area contributed by atoms with Gasteiger partial charge in [0.1, 0.15) is 12.4 Å². The van der Waals surface area contributed by atoms with Crippen LogP contribution < -0.4 is 11.0 Å². The minimum atomic E-state index is -0.416. The van der Waals surface area contributed by atoms with Crippen LogP contribution in [0.5, 0.6) is 0 Å². The summed E-state index contributed by atoms with van der Waals surface area (Å²) in [7, 11) is 0. The minimum Gasteiger partial charge on any atom is -0.339 e. The molecule has 0 spiro atoms. The number of fused-ring (bicyclic) bond motifs is 1. The molecule has 8 nitrogen and oxygen atoms in total.